The van der Waals surface area contributed by atoms with Gasteiger partial charge in [-0.25, -0.2) is 4.98 Å². The van der Waals surface area contributed by atoms with Gasteiger partial charge < -0.3 is 10.5 Å². The Labute approximate surface area is 112 Å². The second-order valence-corrected chi connectivity index (χ2v) is 4.65. The van der Waals surface area contributed by atoms with Crippen LogP contribution in [-0.2, 0) is 0 Å². The standard InChI is InChI=1S/C14H16N4O/c1-18-12-8-9(5-6-11(12)13(15)17-18)10-4-3-7-16-14(10)19-2/h3-7,12H,8H2,1-2H3,(H2,15,17). The van der Waals surface area contributed by atoms with Gasteiger partial charge in [-0.1, -0.05) is 12.2 Å². The van der Waals surface area contributed by atoms with Crippen LogP contribution in [0.4, 0.5) is 0 Å². The van der Waals surface area contributed by atoms with Gasteiger partial charge in [-0.3, -0.25) is 5.01 Å². The number of allylic oxidation sites excluding steroid dienone is 2. The van der Waals surface area contributed by atoms with Crippen molar-refractivity contribution >= 4 is 11.4 Å². The van der Waals surface area contributed by atoms with Gasteiger partial charge in [0.05, 0.1) is 13.2 Å². The van der Waals surface area contributed by atoms with Crippen molar-refractivity contribution in [3.63, 3.8) is 0 Å². The maximum absolute atomic E-state index is 5.89. The van der Waals surface area contributed by atoms with Crippen LogP contribution in [0.5, 0.6) is 5.88 Å². The number of nitrogens with zero attached hydrogens (tertiary/aromatic N) is 3. The molecule has 0 bridgehead atoms. The van der Waals surface area contributed by atoms with Crippen LogP contribution in [0.2, 0.25) is 0 Å². The average Bonchev–Trinajstić information content (AvgIpc) is 2.73. The molecule has 0 amide bonds. The van der Waals surface area contributed by atoms with Crippen LogP contribution in [0.25, 0.3) is 5.57 Å². The monoisotopic (exact) mass is 256 g/mol. The van der Waals surface area contributed by atoms with E-state index in [-0.39, 0.29) is 6.04 Å². The SMILES string of the molecule is COc1ncccc1C1=CC=C2C(N)=NN(C)C2C1. The molecule has 1 aromatic heterocycles. The number of fused-ring (bicyclic) bond motifs is 1. The van der Waals surface area contributed by atoms with Gasteiger partial charge >= 0.3 is 0 Å². The highest BCUT2D eigenvalue weighted by Gasteiger charge is 2.31. The predicted molar refractivity (Wildman–Crippen MR) is 74.6 cm³/mol. The molecule has 1 aromatic rings. The van der Waals surface area contributed by atoms with Crippen LogP contribution in [0.15, 0.2) is 41.2 Å². The summed E-state index contributed by atoms with van der Waals surface area (Å²) in [6, 6.07) is 4.15. The van der Waals surface area contributed by atoms with Gasteiger partial charge in [-0.05, 0) is 24.1 Å². The minimum Gasteiger partial charge on any atom is -0.481 e. The fourth-order valence-electron chi connectivity index (χ4n) is 2.57. The summed E-state index contributed by atoms with van der Waals surface area (Å²) in [6.45, 7) is 0. The first-order valence-electron chi connectivity index (χ1n) is 6.18. The first-order chi connectivity index (χ1) is 9.20. The van der Waals surface area contributed by atoms with E-state index < -0.39 is 0 Å². The number of amidine groups is 1. The van der Waals surface area contributed by atoms with Crippen LogP contribution in [0.3, 0.4) is 0 Å². The molecule has 1 unspecified atom stereocenters. The normalized spacial score (nSPS) is 21.5. The maximum Gasteiger partial charge on any atom is 0.220 e. The Morgan fingerprint density at radius 1 is 1.42 bits per heavy atom. The van der Waals surface area contributed by atoms with Crippen LogP contribution >= 0.6 is 0 Å². The molecule has 2 heterocycles. The van der Waals surface area contributed by atoms with Crippen LogP contribution in [-0.4, -0.2) is 36.0 Å². The molecular weight excluding hydrogens is 240 g/mol. The molecule has 0 saturated heterocycles. The summed E-state index contributed by atoms with van der Waals surface area (Å²) in [5.74, 6) is 1.26. The fourth-order valence-corrected chi connectivity index (χ4v) is 2.57. The van der Waals surface area contributed by atoms with E-state index in [0.29, 0.717) is 11.7 Å². The van der Waals surface area contributed by atoms with Crippen molar-refractivity contribution in [2.45, 2.75) is 12.5 Å². The van der Waals surface area contributed by atoms with Crippen molar-refractivity contribution in [2.75, 3.05) is 14.2 Å². The number of hydrogen-bond acceptors (Lipinski definition) is 5. The molecule has 2 aliphatic rings. The van der Waals surface area contributed by atoms with E-state index in [2.05, 4.69) is 16.2 Å². The topological polar surface area (TPSA) is 63.7 Å². The lowest BCUT2D eigenvalue weighted by Crippen LogP contribution is -2.27. The van der Waals surface area contributed by atoms with Crippen LogP contribution in [0.1, 0.15) is 12.0 Å². The van der Waals surface area contributed by atoms with E-state index in [0.717, 1.165) is 17.6 Å². The molecule has 0 aromatic carbocycles. The minimum atomic E-state index is 0.213. The van der Waals surface area contributed by atoms with Gasteiger partial charge in [-0.15, -0.1) is 0 Å². The summed E-state index contributed by atoms with van der Waals surface area (Å²) in [7, 11) is 3.58. The minimum absolute atomic E-state index is 0.213. The summed E-state index contributed by atoms with van der Waals surface area (Å²) in [5.41, 5.74) is 9.20. The Balaban J connectivity index is 1.99. The van der Waals surface area contributed by atoms with Crippen LogP contribution in [0, 0.1) is 0 Å². The van der Waals surface area contributed by atoms with E-state index in [1.807, 2.05) is 30.3 Å². The van der Waals surface area contributed by atoms with Crippen molar-refractivity contribution in [1.29, 1.82) is 0 Å². The van der Waals surface area contributed by atoms with Crippen molar-refractivity contribution in [2.24, 2.45) is 10.8 Å². The van der Waals surface area contributed by atoms with Gasteiger partial charge in [0.15, 0.2) is 0 Å². The Bertz CT molecular complexity index is 603. The molecule has 0 spiro atoms. The molecular formula is C14H16N4O. The predicted octanol–water partition coefficient (Wildman–Crippen LogP) is 1.39. The zero-order valence-electron chi connectivity index (χ0n) is 11.0. The number of pyridine rings is 1. The molecule has 1 aliphatic heterocycles. The lowest BCUT2D eigenvalue weighted by atomic mass is 9.89. The second-order valence-electron chi connectivity index (χ2n) is 4.65. The number of hydrogen-bond donors (Lipinski definition) is 1. The number of nitrogens with two attached hydrogens (primary N) is 1. The molecule has 0 fully saturated rings. The summed E-state index contributed by atoms with van der Waals surface area (Å²) in [6.07, 6.45) is 6.70. The largest absolute Gasteiger partial charge is 0.481 e. The van der Waals surface area contributed by atoms with E-state index >= 15 is 0 Å². The quantitative estimate of drug-likeness (QED) is 0.868. The molecule has 5 nitrogen and oxygen atoms in total. The molecule has 5 heteroatoms. The highest BCUT2D eigenvalue weighted by atomic mass is 16.5. The molecule has 0 radical (unpaired) electrons. The Hall–Kier alpha value is -2.30. The lowest BCUT2D eigenvalue weighted by Gasteiger charge is -2.24. The number of rotatable bonds is 2. The molecule has 1 aliphatic carbocycles. The van der Waals surface area contributed by atoms with Crippen molar-refractivity contribution in [3.8, 4) is 5.88 Å². The Morgan fingerprint density at radius 2 is 2.26 bits per heavy atom. The van der Waals surface area contributed by atoms with Gasteiger partial charge in [-0.2, -0.15) is 5.10 Å². The summed E-state index contributed by atoms with van der Waals surface area (Å²) in [4.78, 5) is 4.24. The molecule has 98 valence electrons. The summed E-state index contributed by atoms with van der Waals surface area (Å²) in [5, 5.41) is 6.20. The summed E-state index contributed by atoms with van der Waals surface area (Å²) < 4.78 is 5.32. The first kappa shape index (κ1) is 11.8. The van der Waals surface area contributed by atoms with E-state index in [1.54, 1.807) is 13.3 Å². The summed E-state index contributed by atoms with van der Waals surface area (Å²) >= 11 is 0. The van der Waals surface area contributed by atoms with E-state index in [4.69, 9.17) is 10.5 Å². The number of ether oxygens (including phenoxy) is 1. The third-order valence-electron chi connectivity index (χ3n) is 3.56. The number of likely N-dealkylation sites (N-methyl/N-ethyl adjacent to an activating group) is 1. The molecule has 1 atom stereocenters. The molecule has 0 saturated carbocycles. The van der Waals surface area contributed by atoms with E-state index in [9.17, 15) is 0 Å². The highest BCUT2D eigenvalue weighted by molar-refractivity contribution is 6.01. The maximum atomic E-state index is 5.89. The van der Waals surface area contributed by atoms with Crippen molar-refractivity contribution in [1.82, 2.24) is 9.99 Å². The molecule has 19 heavy (non-hydrogen) atoms. The van der Waals surface area contributed by atoms with Gasteiger partial charge in [0.1, 0.15) is 5.84 Å². The number of methoxy groups -OCH3 is 1. The third kappa shape index (κ3) is 1.87. The first-order valence-corrected chi connectivity index (χ1v) is 6.18. The van der Waals surface area contributed by atoms with Gasteiger partial charge in [0, 0.05) is 24.4 Å². The zero-order chi connectivity index (χ0) is 13.4. The third-order valence-corrected chi connectivity index (χ3v) is 3.56. The smallest absolute Gasteiger partial charge is 0.220 e. The van der Waals surface area contributed by atoms with Gasteiger partial charge in [0.2, 0.25) is 5.88 Å². The van der Waals surface area contributed by atoms with Crippen LogP contribution < -0.4 is 10.5 Å². The zero-order valence-corrected chi connectivity index (χ0v) is 11.0. The lowest BCUT2D eigenvalue weighted by molar-refractivity contribution is 0.312. The number of hydrazone groups is 1. The van der Waals surface area contributed by atoms with Crippen molar-refractivity contribution in [3.05, 3.63) is 41.6 Å². The Morgan fingerprint density at radius 3 is 3.05 bits per heavy atom. The van der Waals surface area contributed by atoms with Gasteiger partial charge in [0.25, 0.3) is 0 Å². The average molecular weight is 256 g/mol. The van der Waals surface area contributed by atoms with Crippen molar-refractivity contribution < 1.29 is 4.74 Å². The molecule has 2 N–H and O–H groups in total. The fraction of sp³-hybridized carbons (Fsp3) is 0.286. The number of aromatic nitrogens is 1. The van der Waals surface area contributed by atoms with E-state index in [1.165, 1.54) is 5.57 Å². The Kier molecular flexibility index (Phi) is 2.74. The molecule has 3 rings (SSSR count). The second kappa shape index (κ2) is 4.42. The highest BCUT2D eigenvalue weighted by Crippen LogP contribution is 2.35.